The number of aromatic nitrogens is 3. The predicted molar refractivity (Wildman–Crippen MR) is 116 cm³/mol. The third-order valence-corrected chi connectivity index (χ3v) is 5.25. The molecule has 1 N–H and O–H groups in total. The highest BCUT2D eigenvalue weighted by Gasteiger charge is 2.24. The van der Waals surface area contributed by atoms with E-state index in [1.165, 1.54) is 0 Å². The Kier molecular flexibility index (Phi) is 5.25. The lowest BCUT2D eigenvalue weighted by atomic mass is 9.95. The Bertz CT molecular complexity index is 1290. The highest BCUT2D eigenvalue weighted by Crippen LogP contribution is 2.31. The first kappa shape index (κ1) is 20.1. The Morgan fingerprint density at radius 3 is 3.12 bits per heavy atom. The molecule has 0 spiro atoms. The lowest BCUT2D eigenvalue weighted by Crippen LogP contribution is -2.35. The summed E-state index contributed by atoms with van der Waals surface area (Å²) in [6.45, 7) is 2.64. The predicted octanol–water partition coefficient (Wildman–Crippen LogP) is 1.81. The summed E-state index contributed by atoms with van der Waals surface area (Å²) in [6.07, 6.45) is 1.33. The molecule has 2 atom stereocenters. The molecule has 0 radical (unpaired) electrons. The van der Waals surface area contributed by atoms with Crippen LogP contribution in [0.15, 0.2) is 47.4 Å². The van der Waals surface area contributed by atoms with Gasteiger partial charge in [-0.05, 0) is 43.2 Å². The molecule has 0 saturated carbocycles. The van der Waals surface area contributed by atoms with E-state index in [0.717, 1.165) is 22.4 Å². The Morgan fingerprint density at radius 1 is 1.34 bits per heavy atom. The number of ether oxygens (including phenoxy) is 3. The van der Waals surface area contributed by atoms with Gasteiger partial charge in [-0.25, -0.2) is 9.78 Å². The molecule has 0 amide bonds. The first-order chi connectivity index (χ1) is 15.6. The molecule has 1 aromatic carbocycles. The van der Waals surface area contributed by atoms with Crippen LogP contribution in [-0.4, -0.2) is 45.1 Å². The number of rotatable bonds is 3. The van der Waals surface area contributed by atoms with Crippen molar-refractivity contribution >= 4 is 0 Å². The first-order valence-corrected chi connectivity index (χ1v) is 10.4. The molecule has 5 rings (SSSR count). The van der Waals surface area contributed by atoms with Gasteiger partial charge < -0.3 is 19.3 Å². The van der Waals surface area contributed by atoms with Gasteiger partial charge in [0.1, 0.15) is 19.3 Å². The van der Waals surface area contributed by atoms with E-state index in [-0.39, 0.29) is 24.3 Å². The average Bonchev–Trinajstić information content (AvgIpc) is 2.81. The third-order valence-electron chi connectivity index (χ3n) is 5.25. The topological polar surface area (TPSA) is 95.7 Å². The van der Waals surface area contributed by atoms with Crippen LogP contribution in [0.3, 0.4) is 0 Å². The molecule has 0 aliphatic carbocycles. The van der Waals surface area contributed by atoms with Crippen LogP contribution in [-0.2, 0) is 13.0 Å². The molecule has 32 heavy (non-hydrogen) atoms. The zero-order valence-corrected chi connectivity index (χ0v) is 17.4. The van der Waals surface area contributed by atoms with Crippen molar-refractivity contribution in [2.24, 2.45) is 0 Å². The summed E-state index contributed by atoms with van der Waals surface area (Å²) in [5, 5.41) is 9.38. The van der Waals surface area contributed by atoms with E-state index in [2.05, 4.69) is 21.8 Å². The van der Waals surface area contributed by atoms with Gasteiger partial charge in [0.2, 0.25) is 5.88 Å². The van der Waals surface area contributed by atoms with Crippen LogP contribution in [0.2, 0.25) is 0 Å². The number of aliphatic hydroxyl groups excluding tert-OH is 1. The van der Waals surface area contributed by atoms with Gasteiger partial charge in [0.25, 0.3) is 5.88 Å². The maximum Gasteiger partial charge on any atom is 0.351 e. The summed E-state index contributed by atoms with van der Waals surface area (Å²) in [4.78, 5) is 20.8. The van der Waals surface area contributed by atoms with Crippen LogP contribution in [0.25, 0.3) is 11.3 Å². The molecule has 162 valence electrons. The van der Waals surface area contributed by atoms with Crippen LogP contribution in [0.4, 0.5) is 0 Å². The van der Waals surface area contributed by atoms with Gasteiger partial charge in [0, 0.05) is 29.9 Å². The molecule has 8 heteroatoms. The number of hydrogen-bond donors (Lipinski definition) is 1. The van der Waals surface area contributed by atoms with Crippen LogP contribution in [0.5, 0.6) is 17.5 Å². The Labute approximate surface area is 184 Å². The van der Waals surface area contributed by atoms with E-state index >= 15 is 0 Å². The Balaban J connectivity index is 1.36. The average molecular weight is 431 g/mol. The van der Waals surface area contributed by atoms with E-state index in [9.17, 15) is 9.90 Å². The van der Waals surface area contributed by atoms with Crippen LogP contribution in [0, 0.1) is 11.8 Å². The number of fused-ring (bicyclic) bond motifs is 4. The molecule has 0 bridgehead atoms. The van der Waals surface area contributed by atoms with E-state index in [4.69, 9.17) is 14.2 Å². The van der Waals surface area contributed by atoms with Gasteiger partial charge in [-0.2, -0.15) is 4.98 Å². The maximum absolute atomic E-state index is 12.6. The smallest absolute Gasteiger partial charge is 0.351 e. The fraction of sp³-hybridized carbons (Fsp3) is 0.292. The number of aliphatic hydroxyl groups is 1. The summed E-state index contributed by atoms with van der Waals surface area (Å²) in [7, 11) is 0. The van der Waals surface area contributed by atoms with Crippen molar-refractivity contribution in [2.45, 2.75) is 32.1 Å². The standard InChI is InChI=1S/C24H21N3O5/c1-15(28)4-5-16-6-7-19-17(11-16)8-10-27-20(19)12-22(26-24(27)29)30-13-18-14-31-23-21(32-18)3-2-9-25-23/h2-3,6-7,9,11-12,15,18,28H,8,10,13-14H2,1H3. The molecule has 4 heterocycles. The van der Waals surface area contributed by atoms with Crippen molar-refractivity contribution in [2.75, 3.05) is 13.2 Å². The van der Waals surface area contributed by atoms with Gasteiger partial charge >= 0.3 is 5.69 Å². The minimum atomic E-state index is -0.681. The van der Waals surface area contributed by atoms with E-state index in [1.807, 2.05) is 18.2 Å². The minimum Gasteiger partial charge on any atom is -0.478 e. The van der Waals surface area contributed by atoms with Crippen molar-refractivity contribution in [1.82, 2.24) is 14.5 Å². The summed E-state index contributed by atoms with van der Waals surface area (Å²) < 4.78 is 18.9. The van der Waals surface area contributed by atoms with Crippen molar-refractivity contribution in [3.05, 3.63) is 64.2 Å². The van der Waals surface area contributed by atoms with E-state index in [0.29, 0.717) is 31.2 Å². The summed E-state index contributed by atoms with van der Waals surface area (Å²) in [5.41, 5.74) is 3.27. The SMILES string of the molecule is CC(O)C#Cc1ccc2c(c1)CCn1c-2cc(OCC2COc3ncccc3O2)nc1=O. The van der Waals surface area contributed by atoms with Crippen LogP contribution in [0.1, 0.15) is 18.1 Å². The minimum absolute atomic E-state index is 0.185. The molecule has 2 aliphatic rings. The lowest BCUT2D eigenvalue weighted by molar-refractivity contribution is 0.0486. The van der Waals surface area contributed by atoms with Gasteiger partial charge in [-0.3, -0.25) is 4.57 Å². The highest BCUT2D eigenvalue weighted by atomic mass is 16.6. The van der Waals surface area contributed by atoms with Gasteiger partial charge in [0.15, 0.2) is 11.9 Å². The lowest BCUT2D eigenvalue weighted by Gasteiger charge is -2.25. The molecule has 0 saturated heterocycles. The number of nitrogens with zero attached hydrogens (tertiary/aromatic N) is 3. The van der Waals surface area contributed by atoms with Gasteiger partial charge in [0.05, 0.1) is 5.69 Å². The molecule has 2 aromatic heterocycles. The Morgan fingerprint density at radius 2 is 2.25 bits per heavy atom. The fourth-order valence-electron chi connectivity index (χ4n) is 3.77. The first-order valence-electron chi connectivity index (χ1n) is 10.4. The number of aryl methyl sites for hydroxylation is 1. The van der Waals surface area contributed by atoms with Gasteiger partial charge in [-0.1, -0.05) is 17.9 Å². The normalized spacial score (nSPS) is 16.8. The zero-order valence-electron chi connectivity index (χ0n) is 17.4. The molecule has 2 aliphatic heterocycles. The van der Waals surface area contributed by atoms with Crippen molar-refractivity contribution in [3.8, 4) is 40.6 Å². The van der Waals surface area contributed by atoms with Crippen LogP contribution >= 0.6 is 0 Å². The summed E-state index contributed by atoms with van der Waals surface area (Å²) >= 11 is 0. The fourth-order valence-corrected chi connectivity index (χ4v) is 3.77. The number of benzene rings is 1. The third kappa shape index (κ3) is 4.03. The second-order valence-corrected chi connectivity index (χ2v) is 7.65. The van der Waals surface area contributed by atoms with E-state index < -0.39 is 6.10 Å². The van der Waals surface area contributed by atoms with Crippen LogP contribution < -0.4 is 19.9 Å². The zero-order chi connectivity index (χ0) is 22.1. The van der Waals surface area contributed by atoms with Gasteiger partial charge in [-0.15, -0.1) is 0 Å². The number of pyridine rings is 1. The molecule has 0 fully saturated rings. The van der Waals surface area contributed by atoms with Crippen molar-refractivity contribution in [3.63, 3.8) is 0 Å². The van der Waals surface area contributed by atoms with Crippen molar-refractivity contribution < 1.29 is 19.3 Å². The molecular formula is C24H21N3O5. The molecule has 8 nitrogen and oxygen atoms in total. The highest BCUT2D eigenvalue weighted by molar-refractivity contribution is 5.68. The quantitative estimate of drug-likeness (QED) is 0.632. The molecule has 3 aromatic rings. The monoisotopic (exact) mass is 431 g/mol. The second-order valence-electron chi connectivity index (χ2n) is 7.65. The Hall–Kier alpha value is -3.83. The largest absolute Gasteiger partial charge is 0.478 e. The summed E-state index contributed by atoms with van der Waals surface area (Å²) in [5.74, 6) is 6.99. The summed E-state index contributed by atoms with van der Waals surface area (Å²) in [6, 6.07) is 11.2. The number of hydrogen-bond acceptors (Lipinski definition) is 7. The van der Waals surface area contributed by atoms with Crippen molar-refractivity contribution in [1.29, 1.82) is 0 Å². The molecule has 2 unspecified atom stereocenters. The maximum atomic E-state index is 12.6. The molecular weight excluding hydrogens is 410 g/mol. The van der Waals surface area contributed by atoms with E-state index in [1.54, 1.807) is 35.9 Å². The second kappa shape index (κ2) is 8.36.